The number of aryl methyl sites for hydroxylation is 3. The van der Waals surface area contributed by atoms with E-state index in [9.17, 15) is 4.79 Å². The first-order valence-corrected chi connectivity index (χ1v) is 13.1. The molecule has 0 atom stereocenters. The van der Waals surface area contributed by atoms with Crippen LogP contribution >= 0.6 is 23.5 Å². The van der Waals surface area contributed by atoms with E-state index in [-0.39, 0.29) is 11.4 Å². The van der Waals surface area contributed by atoms with Gasteiger partial charge in [-0.2, -0.15) is 10.0 Å². The first kappa shape index (κ1) is 23.4. The van der Waals surface area contributed by atoms with Crippen LogP contribution in [0.3, 0.4) is 0 Å². The Bertz CT molecular complexity index is 1450. The predicted molar refractivity (Wildman–Crippen MR) is 147 cm³/mol. The zero-order chi connectivity index (χ0) is 24.7. The molecular weight excluding hydrogens is 474 g/mol. The van der Waals surface area contributed by atoms with Crippen LogP contribution in [-0.4, -0.2) is 30.9 Å². The number of benzene rings is 2. The van der Waals surface area contributed by atoms with Gasteiger partial charge in [0.05, 0.1) is 5.57 Å². The van der Waals surface area contributed by atoms with E-state index >= 15 is 0 Å². The van der Waals surface area contributed by atoms with Gasteiger partial charge in [0.1, 0.15) is 0 Å². The fourth-order valence-electron chi connectivity index (χ4n) is 4.17. The molecule has 176 valence electrons. The number of hydrogen-bond donors (Lipinski definition) is 1. The van der Waals surface area contributed by atoms with Crippen molar-refractivity contribution in [1.29, 1.82) is 5.41 Å². The van der Waals surface area contributed by atoms with E-state index in [0.717, 1.165) is 32.8 Å². The lowest BCUT2D eigenvalue weighted by atomic mass is 10.1. The standard InChI is InChI=1S/C27H25N5OS2/c1-16-10-11-17(2)23(12-16)31-18(3)13-21(19(31)4)14-22-24(28)32-26(29-25(22)33)35-27(30-32)34-15-20-8-6-5-7-9-20/h5-14,28H,15H2,1-4H3/b22-14-,28-24?. The van der Waals surface area contributed by atoms with Crippen molar-refractivity contribution in [1.82, 2.24) is 9.58 Å². The highest BCUT2D eigenvalue weighted by Crippen LogP contribution is 2.34. The Balaban J connectivity index is 1.43. The van der Waals surface area contributed by atoms with Crippen molar-refractivity contribution >= 4 is 50.9 Å². The molecular formula is C27H25N5OS2. The molecule has 0 saturated carbocycles. The van der Waals surface area contributed by atoms with Gasteiger partial charge in [0, 0.05) is 22.8 Å². The lowest BCUT2D eigenvalue weighted by Crippen LogP contribution is -2.35. The molecule has 1 aromatic heterocycles. The van der Waals surface area contributed by atoms with E-state index in [4.69, 9.17) is 5.41 Å². The van der Waals surface area contributed by atoms with Crippen LogP contribution in [-0.2, 0) is 10.5 Å². The number of hydrazone groups is 1. The van der Waals surface area contributed by atoms with Crippen molar-refractivity contribution in [3.63, 3.8) is 0 Å². The van der Waals surface area contributed by atoms with Crippen LogP contribution < -0.4 is 0 Å². The van der Waals surface area contributed by atoms with Gasteiger partial charge in [0.25, 0.3) is 5.91 Å². The number of rotatable bonds is 4. The molecule has 1 amide bonds. The van der Waals surface area contributed by atoms with Crippen molar-refractivity contribution in [3.05, 3.63) is 93.8 Å². The molecule has 0 radical (unpaired) electrons. The van der Waals surface area contributed by atoms with E-state index in [1.165, 1.54) is 33.5 Å². The van der Waals surface area contributed by atoms with E-state index in [1.807, 2.05) is 31.2 Å². The first-order chi connectivity index (χ1) is 16.8. The van der Waals surface area contributed by atoms with Crippen LogP contribution in [0, 0.1) is 33.1 Å². The van der Waals surface area contributed by atoms with Gasteiger partial charge in [0.15, 0.2) is 10.2 Å². The molecule has 2 aromatic carbocycles. The molecule has 0 unspecified atom stereocenters. The van der Waals surface area contributed by atoms with Crippen molar-refractivity contribution in [2.24, 2.45) is 10.1 Å². The van der Waals surface area contributed by atoms with Gasteiger partial charge in [-0.25, -0.2) is 0 Å². The van der Waals surface area contributed by atoms with Crippen molar-refractivity contribution in [2.75, 3.05) is 0 Å². The number of thioether (sulfide) groups is 2. The number of carbonyl (C=O) groups excluding carboxylic acids is 1. The van der Waals surface area contributed by atoms with Crippen LogP contribution in [0.15, 0.2) is 70.3 Å². The summed E-state index contributed by atoms with van der Waals surface area (Å²) in [5.41, 5.74) is 7.90. The second-order valence-electron chi connectivity index (χ2n) is 8.61. The Morgan fingerprint density at radius 2 is 1.83 bits per heavy atom. The fourth-order valence-corrected chi connectivity index (χ4v) is 6.06. The van der Waals surface area contributed by atoms with E-state index in [0.29, 0.717) is 5.17 Å². The highest BCUT2D eigenvalue weighted by atomic mass is 32.2. The van der Waals surface area contributed by atoms with Crippen molar-refractivity contribution in [3.8, 4) is 5.69 Å². The number of amidine groups is 2. The average Bonchev–Trinajstić information content (AvgIpc) is 3.37. The highest BCUT2D eigenvalue weighted by molar-refractivity contribution is 8.45. The number of nitrogens with one attached hydrogen (secondary N) is 1. The minimum Gasteiger partial charge on any atom is -0.318 e. The Morgan fingerprint density at radius 1 is 1.06 bits per heavy atom. The second-order valence-corrected chi connectivity index (χ2v) is 10.8. The Hall–Kier alpha value is -3.36. The van der Waals surface area contributed by atoms with Gasteiger partial charge in [-0.15, -0.1) is 5.10 Å². The van der Waals surface area contributed by atoms with Crippen molar-refractivity contribution < 1.29 is 4.79 Å². The summed E-state index contributed by atoms with van der Waals surface area (Å²) in [6, 6.07) is 18.6. The molecule has 0 spiro atoms. The number of aliphatic imine (C=N–C) groups is 1. The van der Waals surface area contributed by atoms with Crippen LogP contribution in [0.1, 0.15) is 33.6 Å². The number of carbonyl (C=O) groups is 1. The molecule has 0 bridgehead atoms. The zero-order valence-electron chi connectivity index (χ0n) is 20.0. The van der Waals surface area contributed by atoms with Crippen LogP contribution in [0.2, 0.25) is 0 Å². The number of amides is 1. The Labute approximate surface area is 213 Å². The van der Waals surface area contributed by atoms with Gasteiger partial charge >= 0.3 is 0 Å². The summed E-state index contributed by atoms with van der Waals surface area (Å²) < 4.78 is 2.97. The molecule has 0 aliphatic carbocycles. The maximum absolute atomic E-state index is 12.9. The number of nitrogens with zero attached hydrogens (tertiary/aromatic N) is 4. The molecule has 2 aliphatic heterocycles. The van der Waals surface area contributed by atoms with Gasteiger partial charge in [-0.05, 0) is 79.9 Å². The fraction of sp³-hybridized carbons (Fsp3) is 0.185. The normalized spacial score (nSPS) is 16.6. The molecule has 6 nitrogen and oxygen atoms in total. The largest absolute Gasteiger partial charge is 0.318 e. The number of aromatic nitrogens is 1. The average molecular weight is 500 g/mol. The summed E-state index contributed by atoms with van der Waals surface area (Å²) in [5.74, 6) is 0.413. The van der Waals surface area contributed by atoms with Gasteiger partial charge < -0.3 is 4.57 Å². The molecule has 3 heterocycles. The Kier molecular flexibility index (Phi) is 6.25. The first-order valence-electron chi connectivity index (χ1n) is 11.3. The van der Waals surface area contributed by atoms with E-state index in [1.54, 1.807) is 17.8 Å². The number of hydrogen-bond acceptors (Lipinski definition) is 5. The van der Waals surface area contributed by atoms with Crippen LogP contribution in [0.5, 0.6) is 0 Å². The summed E-state index contributed by atoms with van der Waals surface area (Å²) in [6.07, 6.45) is 1.77. The third-order valence-corrected chi connectivity index (χ3v) is 8.13. The van der Waals surface area contributed by atoms with E-state index in [2.05, 4.69) is 65.8 Å². The Morgan fingerprint density at radius 3 is 2.60 bits per heavy atom. The molecule has 1 N–H and O–H groups in total. The maximum atomic E-state index is 12.9. The summed E-state index contributed by atoms with van der Waals surface area (Å²) in [5, 5.41) is 15.2. The molecule has 35 heavy (non-hydrogen) atoms. The quantitative estimate of drug-likeness (QED) is 0.433. The van der Waals surface area contributed by atoms with Gasteiger partial charge in [-0.1, -0.05) is 54.2 Å². The molecule has 0 fully saturated rings. The minimum atomic E-state index is -0.408. The monoisotopic (exact) mass is 499 g/mol. The zero-order valence-corrected chi connectivity index (χ0v) is 21.6. The predicted octanol–water partition coefficient (Wildman–Crippen LogP) is 6.22. The number of fused-ring (bicyclic) bond motifs is 1. The molecule has 3 aromatic rings. The summed E-state index contributed by atoms with van der Waals surface area (Å²) in [7, 11) is 0. The smallest absolute Gasteiger partial charge is 0.283 e. The third kappa shape index (κ3) is 4.51. The lowest BCUT2D eigenvalue weighted by molar-refractivity contribution is -0.114. The minimum absolute atomic E-state index is 0.0550. The van der Waals surface area contributed by atoms with Gasteiger partial charge in [-0.3, -0.25) is 10.2 Å². The highest BCUT2D eigenvalue weighted by Gasteiger charge is 2.36. The second kappa shape index (κ2) is 9.36. The third-order valence-electron chi connectivity index (χ3n) is 6.02. The molecule has 5 rings (SSSR count). The molecule has 0 saturated heterocycles. The van der Waals surface area contributed by atoms with Crippen molar-refractivity contribution in [2.45, 2.75) is 33.4 Å². The summed E-state index contributed by atoms with van der Waals surface area (Å²) >= 11 is 2.91. The van der Waals surface area contributed by atoms with Crippen LogP contribution in [0.25, 0.3) is 11.8 Å². The summed E-state index contributed by atoms with van der Waals surface area (Å²) in [4.78, 5) is 17.2. The van der Waals surface area contributed by atoms with Gasteiger partial charge in [0.2, 0.25) is 5.17 Å². The summed E-state index contributed by atoms with van der Waals surface area (Å²) in [6.45, 7) is 8.27. The maximum Gasteiger partial charge on any atom is 0.283 e. The van der Waals surface area contributed by atoms with Crippen LogP contribution in [0.4, 0.5) is 0 Å². The molecule has 8 heteroatoms. The lowest BCUT2D eigenvalue weighted by Gasteiger charge is -2.20. The topological polar surface area (TPSA) is 73.8 Å². The van der Waals surface area contributed by atoms with E-state index < -0.39 is 5.91 Å². The SMILES string of the molecule is Cc1ccc(C)c(-n2c(C)cc(/C=C3/C(=N)N4N=C(SCc5ccccc5)SC4=NC3=O)c2C)c1. The molecule has 2 aliphatic rings.